The van der Waals surface area contributed by atoms with Crippen molar-refractivity contribution in [2.24, 2.45) is 0 Å². The molecule has 4 aromatic heterocycles. The van der Waals surface area contributed by atoms with Crippen LogP contribution < -0.4 is 0 Å². The average Bonchev–Trinajstić information content (AvgIpc) is 2.75. The van der Waals surface area contributed by atoms with Crippen molar-refractivity contribution in [2.45, 2.75) is 0 Å². The zero-order chi connectivity index (χ0) is 18.6. The molecule has 0 aliphatic rings. The molecule has 0 aliphatic carbocycles. The lowest BCUT2D eigenvalue weighted by molar-refractivity contribution is 0.0690. The van der Waals surface area contributed by atoms with E-state index in [2.05, 4.69) is 19.9 Å². The van der Waals surface area contributed by atoms with Crippen molar-refractivity contribution in [3.63, 3.8) is 0 Å². The van der Waals surface area contributed by atoms with Crippen molar-refractivity contribution in [1.82, 2.24) is 19.9 Å². The first-order valence-electron chi connectivity index (χ1n) is 8.26. The van der Waals surface area contributed by atoms with Crippen LogP contribution in [0.1, 0.15) is 10.5 Å². The van der Waals surface area contributed by atoms with E-state index in [1.165, 1.54) is 6.07 Å². The van der Waals surface area contributed by atoms with E-state index in [0.29, 0.717) is 28.5 Å². The molecule has 0 saturated heterocycles. The molecule has 0 radical (unpaired) electrons. The second-order valence-electron chi connectivity index (χ2n) is 5.77. The van der Waals surface area contributed by atoms with Gasteiger partial charge in [0, 0.05) is 18.0 Å². The Bertz CT molecular complexity index is 1040. The van der Waals surface area contributed by atoms with Crippen LogP contribution in [0.3, 0.4) is 0 Å². The molecule has 130 valence electrons. The lowest BCUT2D eigenvalue weighted by Gasteiger charge is -2.09. The first-order chi connectivity index (χ1) is 13.2. The van der Waals surface area contributed by atoms with E-state index in [1.54, 1.807) is 24.5 Å². The molecular formula is C21H14N4O2. The molecule has 0 aromatic carbocycles. The second-order valence-corrected chi connectivity index (χ2v) is 5.77. The lowest BCUT2D eigenvalue weighted by atomic mass is 10.1. The minimum atomic E-state index is -1.07. The molecule has 0 spiro atoms. The Kier molecular flexibility index (Phi) is 4.37. The van der Waals surface area contributed by atoms with Crippen LogP contribution in [0, 0.1) is 0 Å². The molecule has 1 N–H and O–H groups in total. The Labute approximate surface area is 155 Å². The van der Waals surface area contributed by atoms with Gasteiger partial charge < -0.3 is 5.11 Å². The van der Waals surface area contributed by atoms with Crippen molar-refractivity contribution in [2.75, 3.05) is 0 Å². The predicted molar refractivity (Wildman–Crippen MR) is 101 cm³/mol. The van der Waals surface area contributed by atoms with Crippen molar-refractivity contribution >= 4 is 5.97 Å². The van der Waals surface area contributed by atoms with E-state index in [0.717, 1.165) is 5.56 Å². The predicted octanol–water partition coefficient (Wildman–Crippen LogP) is 3.97. The smallest absolute Gasteiger partial charge is 0.354 e. The van der Waals surface area contributed by atoms with Crippen LogP contribution in [0.4, 0.5) is 0 Å². The number of nitrogens with zero attached hydrogens (tertiary/aromatic N) is 4. The van der Waals surface area contributed by atoms with Gasteiger partial charge in [0.15, 0.2) is 0 Å². The van der Waals surface area contributed by atoms with Gasteiger partial charge >= 0.3 is 5.97 Å². The van der Waals surface area contributed by atoms with E-state index < -0.39 is 5.97 Å². The summed E-state index contributed by atoms with van der Waals surface area (Å²) in [5.74, 6) is -1.07. The fourth-order valence-electron chi connectivity index (χ4n) is 2.68. The minimum Gasteiger partial charge on any atom is -0.477 e. The molecule has 6 nitrogen and oxygen atoms in total. The van der Waals surface area contributed by atoms with Crippen molar-refractivity contribution in [1.29, 1.82) is 0 Å². The molecule has 0 amide bonds. The van der Waals surface area contributed by atoms with Gasteiger partial charge in [0.25, 0.3) is 0 Å². The zero-order valence-corrected chi connectivity index (χ0v) is 14.1. The number of carboxylic acids is 1. The largest absolute Gasteiger partial charge is 0.477 e. The molecule has 0 atom stereocenters. The topological polar surface area (TPSA) is 88.9 Å². The molecule has 0 bridgehead atoms. The number of aromatic carboxylic acids is 1. The molecule has 27 heavy (non-hydrogen) atoms. The van der Waals surface area contributed by atoms with Crippen LogP contribution >= 0.6 is 0 Å². The molecule has 0 unspecified atom stereocenters. The quantitative estimate of drug-likeness (QED) is 0.596. The summed E-state index contributed by atoms with van der Waals surface area (Å²) in [5.41, 5.74) is 4.04. The van der Waals surface area contributed by atoms with Gasteiger partial charge in [0.1, 0.15) is 5.69 Å². The van der Waals surface area contributed by atoms with Gasteiger partial charge in [-0.25, -0.2) is 14.8 Å². The summed E-state index contributed by atoms with van der Waals surface area (Å²) in [6, 6.07) is 19.8. The van der Waals surface area contributed by atoms with E-state index in [1.807, 2.05) is 48.5 Å². The van der Waals surface area contributed by atoms with Gasteiger partial charge in [-0.15, -0.1) is 0 Å². The van der Waals surface area contributed by atoms with Gasteiger partial charge in [-0.3, -0.25) is 9.97 Å². The van der Waals surface area contributed by atoms with E-state index >= 15 is 0 Å². The molecule has 4 rings (SSSR count). The lowest BCUT2D eigenvalue weighted by Crippen LogP contribution is -2.01. The second kappa shape index (κ2) is 7.13. The first kappa shape index (κ1) is 16.5. The van der Waals surface area contributed by atoms with Gasteiger partial charge in [-0.2, -0.15) is 0 Å². The summed E-state index contributed by atoms with van der Waals surface area (Å²) >= 11 is 0. The van der Waals surface area contributed by atoms with Crippen LogP contribution in [-0.4, -0.2) is 31.0 Å². The fraction of sp³-hybridized carbons (Fsp3) is 0. The van der Waals surface area contributed by atoms with Gasteiger partial charge in [0.05, 0.1) is 28.5 Å². The Balaban J connectivity index is 1.91. The maximum absolute atomic E-state index is 11.3. The minimum absolute atomic E-state index is 0.0110. The highest BCUT2D eigenvalue weighted by atomic mass is 16.4. The number of pyridine rings is 4. The first-order valence-corrected chi connectivity index (χ1v) is 8.26. The maximum atomic E-state index is 11.3. The summed E-state index contributed by atoms with van der Waals surface area (Å²) in [4.78, 5) is 28.9. The van der Waals surface area contributed by atoms with Gasteiger partial charge in [-0.05, 0) is 48.5 Å². The molecule has 0 fully saturated rings. The number of aromatic nitrogens is 4. The summed E-state index contributed by atoms with van der Waals surface area (Å²) in [6.45, 7) is 0. The fourth-order valence-corrected chi connectivity index (χ4v) is 2.68. The molecule has 0 saturated carbocycles. The average molecular weight is 354 g/mol. The number of hydrogen-bond donors (Lipinski definition) is 1. The number of carbonyl (C=O) groups is 1. The molecule has 4 heterocycles. The number of rotatable bonds is 4. The Morgan fingerprint density at radius 2 is 1.26 bits per heavy atom. The highest BCUT2D eigenvalue weighted by Crippen LogP contribution is 2.27. The van der Waals surface area contributed by atoms with Crippen molar-refractivity contribution in [3.8, 4) is 34.0 Å². The summed E-state index contributed by atoms with van der Waals surface area (Å²) in [5, 5.41) is 9.23. The summed E-state index contributed by atoms with van der Waals surface area (Å²) < 4.78 is 0. The van der Waals surface area contributed by atoms with Crippen molar-refractivity contribution in [3.05, 3.63) is 84.8 Å². The SMILES string of the molecule is O=C(O)c1cccc(-c2cc(-c3ccccn3)nc(-c3ccccn3)c2)n1. The molecule has 0 aliphatic heterocycles. The summed E-state index contributed by atoms with van der Waals surface area (Å²) in [7, 11) is 0. The van der Waals surface area contributed by atoms with Crippen LogP contribution in [0.15, 0.2) is 79.1 Å². The standard InChI is InChI=1S/C21H14N4O2/c26-21(27)18-9-5-8-15(24-18)14-12-19(16-6-1-3-10-22-16)25-20(13-14)17-7-2-4-11-23-17/h1-13H,(H,26,27). The number of hydrogen-bond acceptors (Lipinski definition) is 5. The van der Waals surface area contributed by atoms with Crippen LogP contribution in [0.25, 0.3) is 34.0 Å². The third-order valence-corrected chi connectivity index (χ3v) is 3.94. The molecule has 6 heteroatoms. The number of carboxylic acid groups (broad SMARTS) is 1. The molecule has 4 aromatic rings. The molecular weight excluding hydrogens is 340 g/mol. The zero-order valence-electron chi connectivity index (χ0n) is 14.1. The highest BCUT2D eigenvalue weighted by Gasteiger charge is 2.12. The van der Waals surface area contributed by atoms with Gasteiger partial charge in [-0.1, -0.05) is 18.2 Å². The van der Waals surface area contributed by atoms with E-state index in [-0.39, 0.29) is 5.69 Å². The third kappa shape index (κ3) is 3.55. The summed E-state index contributed by atoms with van der Waals surface area (Å²) in [6.07, 6.45) is 3.40. The maximum Gasteiger partial charge on any atom is 0.354 e. The van der Waals surface area contributed by atoms with E-state index in [9.17, 15) is 9.90 Å². The van der Waals surface area contributed by atoms with Crippen LogP contribution in [-0.2, 0) is 0 Å². The van der Waals surface area contributed by atoms with Gasteiger partial charge in [0.2, 0.25) is 0 Å². The third-order valence-electron chi connectivity index (χ3n) is 3.94. The Morgan fingerprint density at radius 3 is 1.78 bits per heavy atom. The monoisotopic (exact) mass is 354 g/mol. The normalized spacial score (nSPS) is 10.5. The Morgan fingerprint density at radius 1 is 0.667 bits per heavy atom. The Hall–Kier alpha value is -3.93. The van der Waals surface area contributed by atoms with E-state index in [4.69, 9.17) is 0 Å². The van der Waals surface area contributed by atoms with Crippen molar-refractivity contribution < 1.29 is 9.90 Å². The van der Waals surface area contributed by atoms with Crippen LogP contribution in [0.2, 0.25) is 0 Å². The van der Waals surface area contributed by atoms with Crippen LogP contribution in [0.5, 0.6) is 0 Å². The highest BCUT2D eigenvalue weighted by molar-refractivity contribution is 5.86.